The minimum Gasteiger partial charge on any atom is -0.352 e. The average molecular weight is 353 g/mol. The number of thiophene rings is 1. The third kappa shape index (κ3) is 3.30. The van der Waals surface area contributed by atoms with Crippen LogP contribution in [0.1, 0.15) is 16.9 Å². The number of hydrogen-bond donors (Lipinski definition) is 1. The molecule has 2 aliphatic heterocycles. The fourth-order valence-corrected chi connectivity index (χ4v) is 4.18. The molecule has 1 N–H and O–H groups in total. The van der Waals surface area contributed by atoms with Crippen molar-refractivity contribution in [2.45, 2.75) is 19.4 Å². The zero-order valence-corrected chi connectivity index (χ0v) is 14.6. The Bertz CT molecular complexity index is 804. The van der Waals surface area contributed by atoms with E-state index in [1.807, 2.05) is 23.5 Å². The topological polar surface area (TPSA) is 72.3 Å². The lowest BCUT2D eigenvalue weighted by atomic mass is 9.98. The molecule has 6 nitrogen and oxygen atoms in total. The molecule has 0 unspecified atom stereocenters. The molecule has 1 fully saturated rings. The Hall–Kier alpha value is -2.59. The number of carbonyl (C=O) groups is 1. The molecule has 25 heavy (non-hydrogen) atoms. The van der Waals surface area contributed by atoms with Gasteiger partial charge in [-0.05, 0) is 35.6 Å². The van der Waals surface area contributed by atoms with Gasteiger partial charge in [0.15, 0.2) is 0 Å². The van der Waals surface area contributed by atoms with Gasteiger partial charge in [0.2, 0.25) is 0 Å². The zero-order valence-electron chi connectivity index (χ0n) is 13.8. The Labute approximate surface area is 150 Å². The number of amides is 2. The number of nitrogens with one attached hydrogen (secondary N) is 1. The summed E-state index contributed by atoms with van der Waals surface area (Å²) in [4.78, 5) is 22.1. The molecule has 0 saturated carbocycles. The highest BCUT2D eigenvalue weighted by Gasteiger charge is 2.30. The van der Waals surface area contributed by atoms with Crippen LogP contribution in [0.25, 0.3) is 0 Å². The first-order valence-electron chi connectivity index (χ1n) is 8.42. The van der Waals surface area contributed by atoms with Crippen molar-refractivity contribution in [2.75, 3.05) is 29.9 Å². The zero-order chi connectivity index (χ0) is 17.2. The summed E-state index contributed by atoms with van der Waals surface area (Å²) in [6, 6.07) is 8.07. The first-order chi connectivity index (χ1) is 12.2. The van der Waals surface area contributed by atoms with Gasteiger partial charge in [-0.1, -0.05) is 0 Å². The third-order valence-electron chi connectivity index (χ3n) is 4.76. The van der Waals surface area contributed by atoms with Crippen molar-refractivity contribution in [3.05, 3.63) is 40.2 Å². The van der Waals surface area contributed by atoms with Gasteiger partial charge in [-0.3, -0.25) is 0 Å². The van der Waals surface area contributed by atoms with Crippen molar-refractivity contribution in [3.63, 3.8) is 0 Å². The molecule has 4 rings (SSSR count). The van der Waals surface area contributed by atoms with Gasteiger partial charge in [0.25, 0.3) is 0 Å². The van der Waals surface area contributed by atoms with Crippen molar-refractivity contribution < 1.29 is 4.79 Å². The van der Waals surface area contributed by atoms with Gasteiger partial charge in [-0.2, -0.15) is 5.26 Å². The Kier molecular flexibility index (Phi) is 4.28. The Morgan fingerprint density at radius 2 is 2.28 bits per heavy atom. The first-order valence-corrected chi connectivity index (χ1v) is 9.30. The number of aromatic nitrogens is 1. The molecule has 2 aromatic heterocycles. The number of rotatable bonds is 3. The van der Waals surface area contributed by atoms with E-state index in [4.69, 9.17) is 5.26 Å². The van der Waals surface area contributed by atoms with Gasteiger partial charge < -0.3 is 15.1 Å². The van der Waals surface area contributed by atoms with E-state index < -0.39 is 0 Å². The molecule has 2 aliphatic rings. The predicted molar refractivity (Wildman–Crippen MR) is 97.6 cm³/mol. The van der Waals surface area contributed by atoms with E-state index in [9.17, 15) is 4.79 Å². The number of urea groups is 1. The minimum absolute atomic E-state index is 0.121. The predicted octanol–water partition coefficient (Wildman–Crippen LogP) is 3.08. The van der Waals surface area contributed by atoms with E-state index in [-0.39, 0.29) is 6.03 Å². The second-order valence-electron chi connectivity index (χ2n) is 6.51. The van der Waals surface area contributed by atoms with Crippen LogP contribution in [0, 0.1) is 17.2 Å². The summed E-state index contributed by atoms with van der Waals surface area (Å²) in [5.41, 5.74) is 2.09. The second-order valence-corrected chi connectivity index (χ2v) is 7.51. The third-order valence-corrected chi connectivity index (χ3v) is 5.78. The summed E-state index contributed by atoms with van der Waals surface area (Å²) in [6.07, 6.45) is 3.29. The van der Waals surface area contributed by atoms with Crippen LogP contribution >= 0.6 is 11.3 Å². The number of anilines is 2. The molecular weight excluding hydrogens is 334 g/mol. The SMILES string of the molecule is N#CCC1CN(C(=O)Nc2ccc(N3CCc4sccc4C3)nc2)C1. The quantitative estimate of drug-likeness (QED) is 0.920. The van der Waals surface area contributed by atoms with Gasteiger partial charge in [-0.25, -0.2) is 9.78 Å². The standard InChI is InChI=1S/C18H19N5OS/c19-6-3-13-10-23(11-13)18(24)21-15-1-2-17(20-9-15)22-7-4-16-14(12-22)5-8-25-16/h1-2,5,8-9,13H,3-4,7,10-12H2,(H,21,24). The molecule has 1 saturated heterocycles. The molecule has 0 bridgehead atoms. The van der Waals surface area contributed by atoms with E-state index in [0.29, 0.717) is 31.1 Å². The molecule has 0 aromatic carbocycles. The van der Waals surface area contributed by atoms with Crippen LogP contribution in [0.15, 0.2) is 29.8 Å². The van der Waals surface area contributed by atoms with Crippen LogP contribution in [0.4, 0.5) is 16.3 Å². The van der Waals surface area contributed by atoms with E-state index in [1.54, 1.807) is 11.1 Å². The Morgan fingerprint density at radius 1 is 1.40 bits per heavy atom. The summed E-state index contributed by atoms with van der Waals surface area (Å²) in [5, 5.41) is 13.7. The van der Waals surface area contributed by atoms with E-state index >= 15 is 0 Å². The molecule has 2 amide bonds. The molecule has 0 radical (unpaired) electrons. The van der Waals surface area contributed by atoms with Crippen LogP contribution in [0.2, 0.25) is 0 Å². The monoisotopic (exact) mass is 353 g/mol. The number of pyridine rings is 1. The van der Waals surface area contributed by atoms with Gasteiger partial charge in [0.05, 0.1) is 18.0 Å². The number of fused-ring (bicyclic) bond motifs is 1. The number of likely N-dealkylation sites (tertiary alicyclic amines) is 1. The van der Waals surface area contributed by atoms with Gasteiger partial charge in [0.1, 0.15) is 5.82 Å². The van der Waals surface area contributed by atoms with Crippen LogP contribution in [-0.2, 0) is 13.0 Å². The van der Waals surface area contributed by atoms with Crippen LogP contribution in [-0.4, -0.2) is 35.5 Å². The van der Waals surface area contributed by atoms with Gasteiger partial charge in [-0.15, -0.1) is 11.3 Å². The maximum atomic E-state index is 12.1. The van der Waals surface area contributed by atoms with E-state index in [2.05, 4.69) is 32.7 Å². The highest BCUT2D eigenvalue weighted by atomic mass is 32.1. The van der Waals surface area contributed by atoms with Crippen molar-refractivity contribution in [3.8, 4) is 6.07 Å². The highest BCUT2D eigenvalue weighted by molar-refractivity contribution is 7.10. The molecule has 2 aromatic rings. The maximum absolute atomic E-state index is 12.1. The lowest BCUT2D eigenvalue weighted by molar-refractivity contribution is 0.133. The van der Waals surface area contributed by atoms with Crippen molar-refractivity contribution in [2.24, 2.45) is 5.92 Å². The fraction of sp³-hybridized carbons (Fsp3) is 0.389. The van der Waals surface area contributed by atoms with Crippen molar-refractivity contribution in [1.29, 1.82) is 5.26 Å². The molecule has 0 atom stereocenters. The summed E-state index contributed by atoms with van der Waals surface area (Å²) in [6.45, 7) is 3.18. The lowest BCUT2D eigenvalue weighted by Crippen LogP contribution is -2.51. The summed E-state index contributed by atoms with van der Waals surface area (Å²) in [7, 11) is 0. The largest absolute Gasteiger partial charge is 0.352 e. The molecule has 7 heteroatoms. The molecular formula is C18H19N5OS. The summed E-state index contributed by atoms with van der Waals surface area (Å²) in [5.74, 6) is 1.25. The molecule has 0 aliphatic carbocycles. The lowest BCUT2D eigenvalue weighted by Gasteiger charge is -2.37. The van der Waals surface area contributed by atoms with Gasteiger partial charge >= 0.3 is 6.03 Å². The number of nitrogens with zero attached hydrogens (tertiary/aromatic N) is 4. The number of carbonyl (C=O) groups excluding carboxylic acids is 1. The van der Waals surface area contributed by atoms with Crippen molar-refractivity contribution in [1.82, 2.24) is 9.88 Å². The first kappa shape index (κ1) is 15.9. The Morgan fingerprint density at radius 3 is 3.04 bits per heavy atom. The summed E-state index contributed by atoms with van der Waals surface area (Å²) >= 11 is 1.83. The molecule has 0 spiro atoms. The van der Waals surface area contributed by atoms with Crippen molar-refractivity contribution >= 4 is 28.9 Å². The smallest absolute Gasteiger partial charge is 0.321 e. The van der Waals surface area contributed by atoms with Gasteiger partial charge in [0, 0.05) is 43.4 Å². The normalized spacial score (nSPS) is 16.8. The maximum Gasteiger partial charge on any atom is 0.321 e. The summed E-state index contributed by atoms with van der Waals surface area (Å²) < 4.78 is 0. The number of hydrogen-bond acceptors (Lipinski definition) is 5. The van der Waals surface area contributed by atoms with E-state index in [1.165, 1.54) is 10.4 Å². The average Bonchev–Trinajstić information content (AvgIpc) is 3.06. The van der Waals surface area contributed by atoms with E-state index in [0.717, 1.165) is 25.3 Å². The minimum atomic E-state index is -0.121. The fourth-order valence-electron chi connectivity index (χ4n) is 3.29. The van der Waals surface area contributed by atoms with Crippen LogP contribution in [0.5, 0.6) is 0 Å². The second kappa shape index (κ2) is 6.73. The molecule has 4 heterocycles. The Balaban J connectivity index is 1.33. The molecule has 128 valence electrons. The highest BCUT2D eigenvalue weighted by Crippen LogP contribution is 2.27. The number of nitriles is 1. The van der Waals surface area contributed by atoms with Crippen LogP contribution in [0.3, 0.4) is 0 Å². The van der Waals surface area contributed by atoms with Crippen LogP contribution < -0.4 is 10.2 Å².